The molecule has 1 rings (SSSR count). The summed E-state index contributed by atoms with van der Waals surface area (Å²) in [5, 5.41) is 10.8. The van der Waals surface area contributed by atoms with Gasteiger partial charge in [0.1, 0.15) is 0 Å². The molecule has 9 heteroatoms. The number of benzene rings is 1. The first kappa shape index (κ1) is 15.0. The van der Waals surface area contributed by atoms with Crippen molar-refractivity contribution in [3.05, 3.63) is 39.4 Å². The highest BCUT2D eigenvalue weighted by molar-refractivity contribution is 9.08. The fourth-order valence-corrected chi connectivity index (χ4v) is 2.38. The summed E-state index contributed by atoms with van der Waals surface area (Å²) < 4.78 is 40.1. The fourth-order valence-electron chi connectivity index (χ4n) is 1.28. The van der Waals surface area contributed by atoms with Crippen molar-refractivity contribution >= 4 is 31.7 Å². The fraction of sp³-hybridized carbons (Fsp3) is 0.333. The highest BCUT2D eigenvalue weighted by Crippen LogP contribution is 2.30. The van der Waals surface area contributed by atoms with E-state index in [0.717, 1.165) is 25.3 Å². The maximum absolute atomic E-state index is 13.7. The molecule has 6 nitrogen and oxygen atoms in total. The molecule has 0 saturated carbocycles. The first-order valence-electron chi connectivity index (χ1n) is 4.60. The van der Waals surface area contributed by atoms with Crippen molar-refractivity contribution in [1.82, 2.24) is 0 Å². The third-order valence-electron chi connectivity index (χ3n) is 2.19. The van der Waals surface area contributed by atoms with Gasteiger partial charge < -0.3 is 0 Å². The normalized spacial score (nSPS) is 13.3. The van der Waals surface area contributed by atoms with Gasteiger partial charge in [0.05, 0.1) is 12.0 Å². The minimum Gasteiger partial charge on any atom is -0.271 e. The third kappa shape index (κ3) is 3.03. The van der Waals surface area contributed by atoms with Crippen LogP contribution in [0.15, 0.2) is 18.2 Å². The lowest BCUT2D eigenvalue weighted by Crippen LogP contribution is -2.11. The Labute approximate surface area is 111 Å². The Hall–Kier alpha value is -1.06. The van der Waals surface area contributed by atoms with E-state index >= 15 is 0 Å². The van der Waals surface area contributed by atoms with Gasteiger partial charge in [-0.1, -0.05) is 15.9 Å². The standard InChI is InChI=1S/C9H9BrFNO5S/c1-17-18(15,16)9(11)6-2-3-8(12(13)14)7(4-6)5-10/h2-4,9H,5H2,1H3. The number of hydrogen-bond donors (Lipinski definition) is 0. The highest BCUT2D eigenvalue weighted by Gasteiger charge is 2.28. The third-order valence-corrected chi connectivity index (χ3v) is 4.04. The van der Waals surface area contributed by atoms with E-state index in [2.05, 4.69) is 20.1 Å². The zero-order chi connectivity index (χ0) is 13.9. The van der Waals surface area contributed by atoms with Gasteiger partial charge in [0.2, 0.25) is 0 Å². The predicted molar refractivity (Wildman–Crippen MR) is 65.5 cm³/mol. The van der Waals surface area contributed by atoms with E-state index < -0.39 is 20.5 Å². The van der Waals surface area contributed by atoms with Crippen LogP contribution in [0.1, 0.15) is 16.6 Å². The molecule has 0 N–H and O–H groups in total. The second-order valence-electron chi connectivity index (χ2n) is 3.25. The largest absolute Gasteiger partial charge is 0.304 e. The van der Waals surface area contributed by atoms with Gasteiger partial charge in [-0.15, -0.1) is 0 Å². The van der Waals surface area contributed by atoms with Gasteiger partial charge in [0.15, 0.2) is 0 Å². The zero-order valence-corrected chi connectivity index (χ0v) is 11.6. The van der Waals surface area contributed by atoms with Crippen molar-refractivity contribution in [3.63, 3.8) is 0 Å². The highest BCUT2D eigenvalue weighted by atomic mass is 79.9. The topological polar surface area (TPSA) is 86.5 Å². The Morgan fingerprint density at radius 1 is 1.56 bits per heavy atom. The van der Waals surface area contributed by atoms with Crippen molar-refractivity contribution in [2.45, 2.75) is 10.8 Å². The summed E-state index contributed by atoms with van der Waals surface area (Å²) in [7, 11) is -3.52. The summed E-state index contributed by atoms with van der Waals surface area (Å²) in [5.41, 5.74) is -2.61. The van der Waals surface area contributed by atoms with Crippen LogP contribution in [0.2, 0.25) is 0 Å². The van der Waals surface area contributed by atoms with E-state index in [1.165, 1.54) is 0 Å². The van der Waals surface area contributed by atoms with Crippen LogP contribution in [0.4, 0.5) is 10.1 Å². The maximum atomic E-state index is 13.7. The Balaban J connectivity index is 3.26. The molecule has 0 aliphatic carbocycles. The molecule has 0 aliphatic heterocycles. The molecule has 0 aliphatic rings. The van der Waals surface area contributed by atoms with Gasteiger partial charge in [0, 0.05) is 22.5 Å². The lowest BCUT2D eigenvalue weighted by atomic mass is 10.1. The minimum atomic E-state index is -4.36. The van der Waals surface area contributed by atoms with Gasteiger partial charge in [-0.2, -0.15) is 8.42 Å². The molecule has 1 aromatic carbocycles. The number of rotatable bonds is 5. The molecule has 1 aromatic rings. The molecule has 18 heavy (non-hydrogen) atoms. The van der Waals surface area contributed by atoms with Crippen molar-refractivity contribution in [1.29, 1.82) is 0 Å². The summed E-state index contributed by atoms with van der Waals surface area (Å²) in [4.78, 5) is 10.0. The SMILES string of the molecule is COS(=O)(=O)C(F)c1ccc([N+](=O)[O-])c(CBr)c1. The molecular formula is C9H9BrFNO5S. The molecule has 0 saturated heterocycles. The minimum absolute atomic E-state index is 0.108. The molecule has 0 heterocycles. The van der Waals surface area contributed by atoms with E-state index in [1.807, 2.05) is 0 Å². The monoisotopic (exact) mass is 341 g/mol. The van der Waals surface area contributed by atoms with Gasteiger partial charge in [0.25, 0.3) is 11.2 Å². The van der Waals surface area contributed by atoms with Crippen molar-refractivity contribution in [3.8, 4) is 0 Å². The quantitative estimate of drug-likeness (QED) is 0.355. The van der Waals surface area contributed by atoms with Crippen LogP contribution < -0.4 is 0 Å². The van der Waals surface area contributed by atoms with Gasteiger partial charge >= 0.3 is 10.1 Å². The average Bonchev–Trinajstić information content (AvgIpc) is 2.36. The first-order chi connectivity index (χ1) is 8.33. The molecule has 0 bridgehead atoms. The van der Waals surface area contributed by atoms with Crippen LogP contribution >= 0.6 is 15.9 Å². The Kier molecular flexibility index (Phi) is 4.77. The molecule has 0 amide bonds. The Bertz CT molecular complexity index is 562. The van der Waals surface area contributed by atoms with Crippen LogP contribution in [0.3, 0.4) is 0 Å². The second kappa shape index (κ2) is 5.72. The van der Waals surface area contributed by atoms with Crippen LogP contribution in [0.5, 0.6) is 0 Å². The lowest BCUT2D eigenvalue weighted by Gasteiger charge is -2.09. The molecule has 0 aromatic heterocycles. The molecular weight excluding hydrogens is 333 g/mol. The zero-order valence-electron chi connectivity index (χ0n) is 9.17. The van der Waals surface area contributed by atoms with Gasteiger partial charge in [-0.05, 0) is 12.1 Å². The van der Waals surface area contributed by atoms with Crippen molar-refractivity contribution in [2.75, 3.05) is 7.11 Å². The lowest BCUT2D eigenvalue weighted by molar-refractivity contribution is -0.385. The number of hydrogen-bond acceptors (Lipinski definition) is 5. The first-order valence-corrected chi connectivity index (χ1v) is 7.19. The number of alkyl halides is 2. The molecule has 0 radical (unpaired) electrons. The van der Waals surface area contributed by atoms with Gasteiger partial charge in [-0.3, -0.25) is 14.3 Å². The summed E-state index contributed by atoms with van der Waals surface area (Å²) in [6.07, 6.45) is 0. The van der Waals surface area contributed by atoms with Crippen LogP contribution in [-0.2, 0) is 19.6 Å². The summed E-state index contributed by atoms with van der Waals surface area (Å²) in [6, 6.07) is 3.23. The van der Waals surface area contributed by atoms with Crippen LogP contribution in [-0.4, -0.2) is 20.5 Å². The summed E-state index contributed by atoms with van der Waals surface area (Å²) >= 11 is 3.02. The van der Waals surface area contributed by atoms with Crippen LogP contribution in [0, 0.1) is 10.1 Å². The number of nitrogens with zero attached hydrogens (tertiary/aromatic N) is 1. The smallest absolute Gasteiger partial charge is 0.271 e. The average molecular weight is 342 g/mol. The Morgan fingerprint density at radius 3 is 2.61 bits per heavy atom. The van der Waals surface area contributed by atoms with E-state index in [1.54, 1.807) is 0 Å². The van der Waals surface area contributed by atoms with Gasteiger partial charge in [-0.25, -0.2) is 4.39 Å². The number of nitro groups is 1. The summed E-state index contributed by atoms with van der Waals surface area (Å²) in [6.45, 7) is 0. The van der Waals surface area contributed by atoms with Crippen molar-refractivity contribution < 1.29 is 21.9 Å². The predicted octanol–water partition coefficient (Wildman–Crippen LogP) is 2.43. The Morgan fingerprint density at radius 2 is 2.17 bits per heavy atom. The molecule has 0 spiro atoms. The van der Waals surface area contributed by atoms with E-state index in [4.69, 9.17) is 0 Å². The van der Waals surface area contributed by atoms with E-state index in [0.29, 0.717) is 0 Å². The van der Waals surface area contributed by atoms with E-state index in [9.17, 15) is 22.9 Å². The second-order valence-corrected chi connectivity index (χ2v) is 5.55. The van der Waals surface area contributed by atoms with Crippen LogP contribution in [0.25, 0.3) is 0 Å². The molecule has 1 unspecified atom stereocenters. The molecule has 0 fully saturated rings. The number of halogens is 2. The van der Waals surface area contributed by atoms with Crippen molar-refractivity contribution in [2.24, 2.45) is 0 Å². The summed E-state index contributed by atoms with van der Waals surface area (Å²) in [5.74, 6) is 0. The maximum Gasteiger partial charge on any atom is 0.304 e. The molecule has 100 valence electrons. The number of nitro benzene ring substituents is 1. The molecule has 1 atom stereocenters. The van der Waals surface area contributed by atoms with E-state index in [-0.39, 0.29) is 22.1 Å².